The Morgan fingerprint density at radius 3 is 2.93 bits per heavy atom. The van der Waals surface area contributed by atoms with E-state index in [9.17, 15) is 4.79 Å². The predicted molar refractivity (Wildman–Crippen MR) is 60.7 cm³/mol. The summed E-state index contributed by atoms with van der Waals surface area (Å²) in [5, 5.41) is 0.224. The highest BCUT2D eigenvalue weighted by Crippen LogP contribution is 2.13. The van der Waals surface area contributed by atoms with E-state index in [4.69, 9.17) is 11.6 Å². The largest absolute Gasteiger partial charge is 0.298 e. The lowest BCUT2D eigenvalue weighted by atomic mass is 10.2. The summed E-state index contributed by atoms with van der Waals surface area (Å²) in [6.07, 6.45) is 4.74. The molecule has 0 aliphatic rings. The number of aromatic nitrogens is 2. The van der Waals surface area contributed by atoms with Crippen molar-refractivity contribution in [2.45, 2.75) is 32.7 Å². The molecule has 1 aromatic heterocycles. The second-order valence-corrected chi connectivity index (χ2v) is 4.21. The Labute approximate surface area is 96.2 Å². The summed E-state index contributed by atoms with van der Waals surface area (Å²) < 4.78 is 1.92. The maximum absolute atomic E-state index is 11.6. The Balaban J connectivity index is 2.79. The Kier molecular flexibility index (Phi) is 4.62. The predicted octanol–water partition coefficient (Wildman–Crippen LogP) is 2.85. The van der Waals surface area contributed by atoms with E-state index in [1.165, 1.54) is 6.33 Å². The van der Waals surface area contributed by atoms with Crippen LogP contribution in [-0.4, -0.2) is 9.55 Å². The minimum atomic E-state index is -0.110. The minimum Gasteiger partial charge on any atom is -0.298 e. The lowest BCUT2D eigenvalue weighted by molar-refractivity contribution is 0.578. The van der Waals surface area contributed by atoms with E-state index in [1.54, 1.807) is 4.57 Å². The molecular weight excluding hydrogens is 267 g/mol. The van der Waals surface area contributed by atoms with Crippen LogP contribution in [0.2, 0.25) is 5.15 Å². The lowest BCUT2D eigenvalue weighted by Crippen LogP contribution is -2.21. The molecule has 0 bridgehead atoms. The quantitative estimate of drug-likeness (QED) is 0.627. The molecule has 1 heterocycles. The third kappa shape index (κ3) is 2.82. The van der Waals surface area contributed by atoms with Gasteiger partial charge in [-0.05, 0) is 22.4 Å². The van der Waals surface area contributed by atoms with Gasteiger partial charge in [-0.25, -0.2) is 4.98 Å². The summed E-state index contributed by atoms with van der Waals surface area (Å²) in [5.74, 6) is 0. The lowest BCUT2D eigenvalue weighted by Gasteiger charge is -2.04. The molecule has 0 amide bonds. The van der Waals surface area contributed by atoms with Crippen molar-refractivity contribution in [3.63, 3.8) is 0 Å². The molecule has 5 heteroatoms. The molecule has 3 nitrogen and oxygen atoms in total. The van der Waals surface area contributed by atoms with E-state index in [-0.39, 0.29) is 10.7 Å². The van der Waals surface area contributed by atoms with Gasteiger partial charge in [0.1, 0.15) is 4.47 Å². The highest BCUT2D eigenvalue weighted by atomic mass is 79.9. The van der Waals surface area contributed by atoms with Gasteiger partial charge < -0.3 is 0 Å². The number of rotatable bonds is 4. The van der Waals surface area contributed by atoms with Crippen LogP contribution in [0.25, 0.3) is 0 Å². The average molecular weight is 280 g/mol. The van der Waals surface area contributed by atoms with E-state index < -0.39 is 0 Å². The SMILES string of the molecule is CCCCCn1cnc(Cl)c(Br)c1=O. The Morgan fingerprint density at radius 1 is 1.57 bits per heavy atom. The second-order valence-electron chi connectivity index (χ2n) is 3.06. The van der Waals surface area contributed by atoms with Crippen molar-refractivity contribution in [1.29, 1.82) is 0 Å². The molecule has 0 atom stereocenters. The number of hydrogen-bond donors (Lipinski definition) is 0. The standard InChI is InChI=1S/C9H12BrClN2O/c1-2-3-4-5-13-6-12-8(11)7(10)9(13)14/h6H,2-5H2,1H3. The van der Waals surface area contributed by atoms with Crippen LogP contribution in [0.15, 0.2) is 15.6 Å². The zero-order chi connectivity index (χ0) is 10.6. The van der Waals surface area contributed by atoms with Crippen molar-refractivity contribution in [3.8, 4) is 0 Å². The van der Waals surface area contributed by atoms with Gasteiger partial charge in [-0.15, -0.1) is 0 Å². The number of aryl methyl sites for hydroxylation is 1. The zero-order valence-corrected chi connectivity index (χ0v) is 10.3. The molecule has 0 spiro atoms. The third-order valence-corrected chi connectivity index (χ3v) is 3.17. The highest BCUT2D eigenvalue weighted by molar-refractivity contribution is 9.10. The number of halogens is 2. The van der Waals surface area contributed by atoms with Crippen molar-refractivity contribution in [2.75, 3.05) is 0 Å². The van der Waals surface area contributed by atoms with E-state index in [0.717, 1.165) is 19.3 Å². The minimum absolute atomic E-state index is 0.110. The molecule has 14 heavy (non-hydrogen) atoms. The summed E-state index contributed by atoms with van der Waals surface area (Å²) in [5.41, 5.74) is -0.110. The molecular formula is C9H12BrClN2O. The highest BCUT2D eigenvalue weighted by Gasteiger charge is 2.05. The summed E-state index contributed by atoms with van der Waals surface area (Å²) in [6.45, 7) is 2.83. The van der Waals surface area contributed by atoms with Gasteiger partial charge in [0.25, 0.3) is 5.56 Å². The Hall–Kier alpha value is -0.350. The van der Waals surface area contributed by atoms with Crippen LogP contribution in [-0.2, 0) is 6.54 Å². The van der Waals surface area contributed by atoms with Crippen LogP contribution < -0.4 is 5.56 Å². The van der Waals surface area contributed by atoms with Crippen LogP contribution in [0.1, 0.15) is 26.2 Å². The normalized spacial score (nSPS) is 10.5. The molecule has 0 fully saturated rings. The summed E-state index contributed by atoms with van der Waals surface area (Å²) >= 11 is 8.79. The number of unbranched alkanes of at least 4 members (excludes halogenated alkanes) is 2. The van der Waals surface area contributed by atoms with E-state index in [2.05, 4.69) is 27.8 Å². The van der Waals surface area contributed by atoms with Crippen molar-refractivity contribution < 1.29 is 0 Å². The molecule has 1 aromatic rings. The Morgan fingerprint density at radius 2 is 2.29 bits per heavy atom. The fraction of sp³-hybridized carbons (Fsp3) is 0.556. The van der Waals surface area contributed by atoms with Gasteiger partial charge in [0.15, 0.2) is 5.15 Å². The van der Waals surface area contributed by atoms with Gasteiger partial charge in [0.05, 0.1) is 6.33 Å². The van der Waals surface area contributed by atoms with Crippen molar-refractivity contribution in [3.05, 3.63) is 26.3 Å². The van der Waals surface area contributed by atoms with Crippen molar-refractivity contribution in [1.82, 2.24) is 9.55 Å². The first-order valence-corrected chi connectivity index (χ1v) is 5.74. The van der Waals surface area contributed by atoms with Gasteiger partial charge in [0.2, 0.25) is 0 Å². The van der Waals surface area contributed by atoms with Gasteiger partial charge in [-0.2, -0.15) is 0 Å². The second kappa shape index (κ2) is 5.51. The molecule has 0 radical (unpaired) electrons. The van der Waals surface area contributed by atoms with Crippen LogP contribution in [0.3, 0.4) is 0 Å². The smallest absolute Gasteiger partial charge is 0.269 e. The third-order valence-electron chi connectivity index (χ3n) is 1.94. The van der Waals surface area contributed by atoms with E-state index in [1.807, 2.05) is 0 Å². The molecule has 0 saturated carbocycles. The topological polar surface area (TPSA) is 34.9 Å². The van der Waals surface area contributed by atoms with Gasteiger partial charge in [0, 0.05) is 6.54 Å². The van der Waals surface area contributed by atoms with Crippen molar-refractivity contribution >= 4 is 27.5 Å². The van der Waals surface area contributed by atoms with E-state index in [0.29, 0.717) is 11.0 Å². The first kappa shape index (κ1) is 11.7. The molecule has 0 aromatic carbocycles. The van der Waals surface area contributed by atoms with Gasteiger partial charge in [-0.3, -0.25) is 9.36 Å². The first-order valence-electron chi connectivity index (χ1n) is 4.57. The van der Waals surface area contributed by atoms with Gasteiger partial charge >= 0.3 is 0 Å². The number of nitrogens with zero attached hydrogens (tertiary/aromatic N) is 2. The fourth-order valence-electron chi connectivity index (χ4n) is 1.14. The molecule has 0 N–H and O–H groups in total. The first-order chi connectivity index (χ1) is 6.66. The maximum Gasteiger partial charge on any atom is 0.269 e. The molecule has 0 unspecified atom stereocenters. The van der Waals surface area contributed by atoms with Crippen LogP contribution in [0.4, 0.5) is 0 Å². The summed E-state index contributed by atoms with van der Waals surface area (Å²) in [4.78, 5) is 15.5. The molecule has 0 saturated heterocycles. The molecule has 0 aliphatic carbocycles. The van der Waals surface area contributed by atoms with Crippen LogP contribution >= 0.6 is 27.5 Å². The summed E-state index contributed by atoms with van der Waals surface area (Å²) in [6, 6.07) is 0. The fourth-order valence-corrected chi connectivity index (χ4v) is 1.59. The molecule has 0 aliphatic heterocycles. The van der Waals surface area contributed by atoms with Crippen LogP contribution in [0, 0.1) is 0 Å². The molecule has 1 rings (SSSR count). The zero-order valence-electron chi connectivity index (χ0n) is 7.96. The van der Waals surface area contributed by atoms with E-state index >= 15 is 0 Å². The van der Waals surface area contributed by atoms with Gasteiger partial charge in [-0.1, -0.05) is 31.4 Å². The number of hydrogen-bond acceptors (Lipinski definition) is 2. The monoisotopic (exact) mass is 278 g/mol. The Bertz CT molecular complexity index is 364. The van der Waals surface area contributed by atoms with Crippen molar-refractivity contribution in [2.24, 2.45) is 0 Å². The summed E-state index contributed by atoms with van der Waals surface area (Å²) in [7, 11) is 0. The maximum atomic E-state index is 11.6. The molecule has 78 valence electrons. The average Bonchev–Trinajstić information content (AvgIpc) is 2.18. The van der Waals surface area contributed by atoms with Crippen LogP contribution in [0.5, 0.6) is 0 Å².